The lowest BCUT2D eigenvalue weighted by Gasteiger charge is -2.33. The van der Waals surface area contributed by atoms with Crippen LogP contribution in [0.3, 0.4) is 0 Å². The average Bonchev–Trinajstić information content (AvgIpc) is 3.29. The topological polar surface area (TPSA) is 116 Å². The van der Waals surface area contributed by atoms with Crippen LogP contribution in [0.1, 0.15) is 33.3 Å². The van der Waals surface area contributed by atoms with Crippen LogP contribution < -0.4 is 10.8 Å². The predicted octanol–water partition coefficient (Wildman–Crippen LogP) is 2.80. The van der Waals surface area contributed by atoms with Gasteiger partial charge in [-0.1, -0.05) is 6.07 Å². The average molecular weight is 478 g/mol. The van der Waals surface area contributed by atoms with Crippen molar-refractivity contribution in [3.05, 3.63) is 42.1 Å². The molecular weight excluding hydrogens is 447 g/mol. The lowest BCUT2D eigenvalue weighted by molar-refractivity contribution is 0.00578. The number of hydrogen-bond donors (Lipinski definition) is 3. The molecule has 10 nitrogen and oxygen atoms in total. The van der Waals surface area contributed by atoms with Gasteiger partial charge in [-0.15, -0.1) is 0 Å². The number of H-pyrrole nitrogens is 1. The highest BCUT2D eigenvalue weighted by molar-refractivity contribution is 6.62. The molecule has 0 aliphatic carbocycles. The Balaban J connectivity index is 1.26. The van der Waals surface area contributed by atoms with Gasteiger partial charge >= 0.3 is 13.2 Å². The van der Waals surface area contributed by atoms with Gasteiger partial charge in [0.15, 0.2) is 0 Å². The van der Waals surface area contributed by atoms with Crippen LogP contribution in [0.15, 0.2) is 36.5 Å². The molecule has 3 aromatic rings. The summed E-state index contributed by atoms with van der Waals surface area (Å²) in [5.41, 5.74) is 2.97. The van der Waals surface area contributed by atoms with Crippen molar-refractivity contribution in [1.82, 2.24) is 24.8 Å². The van der Waals surface area contributed by atoms with Crippen molar-refractivity contribution in [3.8, 4) is 0 Å². The van der Waals surface area contributed by atoms with Crippen LogP contribution in [0.2, 0.25) is 0 Å². The number of aromatic amines is 1. The number of nitrogens with one attached hydrogen (secondary N) is 2. The third kappa shape index (κ3) is 4.84. The van der Waals surface area contributed by atoms with E-state index in [9.17, 15) is 4.79 Å². The maximum atomic E-state index is 11.1. The van der Waals surface area contributed by atoms with Gasteiger partial charge in [-0.05, 0) is 63.0 Å². The molecule has 0 atom stereocenters. The maximum Gasteiger partial charge on any atom is 0.494 e. The van der Waals surface area contributed by atoms with E-state index in [1.807, 2.05) is 58.0 Å². The highest BCUT2D eigenvalue weighted by Crippen LogP contribution is 2.36. The second-order valence-corrected chi connectivity index (χ2v) is 10.2. The zero-order chi connectivity index (χ0) is 24.8. The van der Waals surface area contributed by atoms with Crippen LogP contribution >= 0.6 is 0 Å². The largest absolute Gasteiger partial charge is 0.494 e. The molecule has 2 aromatic heterocycles. The molecule has 1 amide bonds. The molecule has 2 fully saturated rings. The number of aromatic nitrogens is 3. The van der Waals surface area contributed by atoms with Crippen molar-refractivity contribution in [1.29, 1.82) is 0 Å². The van der Waals surface area contributed by atoms with E-state index in [2.05, 4.69) is 25.2 Å². The van der Waals surface area contributed by atoms with Crippen molar-refractivity contribution in [2.24, 2.45) is 0 Å². The molecule has 4 heterocycles. The summed E-state index contributed by atoms with van der Waals surface area (Å²) in [6.07, 6.45) is 0.915. The third-order valence-corrected chi connectivity index (χ3v) is 7.15. The number of piperazine rings is 1. The van der Waals surface area contributed by atoms with E-state index < -0.39 is 24.4 Å². The quantitative estimate of drug-likeness (QED) is 0.480. The van der Waals surface area contributed by atoms with E-state index in [1.54, 1.807) is 6.20 Å². The van der Waals surface area contributed by atoms with Gasteiger partial charge in [0.2, 0.25) is 5.95 Å². The zero-order valence-corrected chi connectivity index (χ0v) is 20.5. The fourth-order valence-corrected chi connectivity index (χ4v) is 4.33. The molecule has 35 heavy (non-hydrogen) atoms. The number of carboxylic acid groups (broad SMARTS) is 1. The van der Waals surface area contributed by atoms with Crippen LogP contribution in [0, 0.1) is 0 Å². The molecule has 0 spiro atoms. The molecule has 3 N–H and O–H groups in total. The summed E-state index contributed by atoms with van der Waals surface area (Å²) in [6.45, 7) is 11.4. The Morgan fingerprint density at radius 2 is 1.83 bits per heavy atom. The molecule has 184 valence electrons. The number of amides is 1. The predicted molar refractivity (Wildman–Crippen MR) is 134 cm³/mol. The van der Waals surface area contributed by atoms with E-state index >= 15 is 0 Å². The van der Waals surface area contributed by atoms with Crippen molar-refractivity contribution >= 4 is 41.5 Å². The summed E-state index contributed by atoms with van der Waals surface area (Å²) in [6, 6.07) is 9.92. The Morgan fingerprint density at radius 1 is 1.11 bits per heavy atom. The Kier molecular flexibility index (Phi) is 5.94. The maximum absolute atomic E-state index is 11.1. The monoisotopic (exact) mass is 478 g/mol. The lowest BCUT2D eigenvalue weighted by Crippen LogP contribution is -2.47. The first-order chi connectivity index (χ1) is 16.6. The summed E-state index contributed by atoms with van der Waals surface area (Å²) >= 11 is 0. The third-order valence-electron chi connectivity index (χ3n) is 7.15. The van der Waals surface area contributed by atoms with Crippen molar-refractivity contribution in [3.63, 3.8) is 0 Å². The molecule has 0 saturated carbocycles. The van der Waals surface area contributed by atoms with Gasteiger partial charge in [0.25, 0.3) is 0 Å². The summed E-state index contributed by atoms with van der Waals surface area (Å²) in [4.78, 5) is 27.2. The fraction of sp³-hybridized carbons (Fsp3) is 0.458. The molecule has 1 aromatic carbocycles. The summed E-state index contributed by atoms with van der Waals surface area (Å²) in [5.74, 6) is 1.29. The first kappa shape index (κ1) is 23.6. The van der Waals surface area contributed by atoms with Gasteiger partial charge in [-0.25, -0.2) is 14.8 Å². The number of rotatable bonds is 5. The summed E-state index contributed by atoms with van der Waals surface area (Å²) < 4.78 is 12.4. The number of carbonyl (C=O) groups is 1. The first-order valence-electron chi connectivity index (χ1n) is 11.9. The number of pyridine rings is 1. The van der Waals surface area contributed by atoms with Crippen LogP contribution in [-0.4, -0.2) is 80.5 Å². The molecule has 0 unspecified atom stereocenters. The minimum absolute atomic E-state index is 0.395. The lowest BCUT2D eigenvalue weighted by atomic mass is 9.79. The second-order valence-electron chi connectivity index (χ2n) is 10.2. The molecular formula is C24H31BN6O4. The first-order valence-corrected chi connectivity index (χ1v) is 11.9. The van der Waals surface area contributed by atoms with Crippen LogP contribution in [0.5, 0.6) is 0 Å². The van der Waals surface area contributed by atoms with E-state index in [1.165, 1.54) is 4.90 Å². The fourth-order valence-electron chi connectivity index (χ4n) is 4.33. The number of imidazole rings is 1. The van der Waals surface area contributed by atoms with Gasteiger partial charge in [-0.2, -0.15) is 0 Å². The van der Waals surface area contributed by atoms with Gasteiger partial charge < -0.3 is 29.6 Å². The number of fused-ring (bicyclic) bond motifs is 1. The minimum atomic E-state index is -0.853. The zero-order valence-electron chi connectivity index (χ0n) is 20.5. The molecule has 2 aliphatic rings. The van der Waals surface area contributed by atoms with Gasteiger partial charge in [-0.3, -0.25) is 4.90 Å². The molecule has 11 heteroatoms. The highest BCUT2D eigenvalue weighted by atomic mass is 16.7. The highest BCUT2D eigenvalue weighted by Gasteiger charge is 2.51. The number of benzene rings is 1. The SMILES string of the molecule is CC1(C)OB(c2ccc3nc(Nc4cc(CN5CCN(C(=O)O)CC5)ccn4)[nH]c3c2)OC1(C)C. The Bertz CT molecular complexity index is 1220. The van der Waals surface area contributed by atoms with Crippen LogP contribution in [-0.2, 0) is 15.9 Å². The van der Waals surface area contributed by atoms with Gasteiger partial charge in [0.1, 0.15) is 5.82 Å². The smallest absolute Gasteiger partial charge is 0.465 e. The molecule has 0 radical (unpaired) electrons. The number of anilines is 2. The number of nitrogens with zero attached hydrogens (tertiary/aromatic N) is 4. The van der Waals surface area contributed by atoms with Crippen molar-refractivity contribution in [2.75, 3.05) is 31.5 Å². The standard InChI is InChI=1S/C24H31BN6O4/c1-23(2)24(3,4)35-25(34-23)17-5-6-18-19(14-17)28-21(27-18)29-20-13-16(7-8-26-20)15-30-9-11-31(12-10-30)22(32)33/h5-8,13-14H,9-12,15H2,1-4H3,(H,32,33)(H2,26,27,28,29). The Labute approximate surface area is 204 Å². The van der Waals surface area contributed by atoms with E-state index in [-0.39, 0.29) is 0 Å². The molecule has 2 saturated heterocycles. The normalized spacial score (nSPS) is 19.9. The number of hydrogen-bond acceptors (Lipinski definition) is 7. The second kappa shape index (κ2) is 8.82. The van der Waals surface area contributed by atoms with Gasteiger partial charge in [0, 0.05) is 38.9 Å². The van der Waals surface area contributed by atoms with Crippen molar-refractivity contribution in [2.45, 2.75) is 45.4 Å². The Morgan fingerprint density at radius 3 is 2.51 bits per heavy atom. The van der Waals surface area contributed by atoms with Crippen LogP contribution in [0.4, 0.5) is 16.6 Å². The minimum Gasteiger partial charge on any atom is -0.465 e. The molecule has 2 aliphatic heterocycles. The molecule has 0 bridgehead atoms. The van der Waals surface area contributed by atoms with Crippen molar-refractivity contribution < 1.29 is 19.2 Å². The summed E-state index contributed by atoms with van der Waals surface area (Å²) in [7, 11) is -0.431. The van der Waals surface area contributed by atoms with E-state index in [4.69, 9.17) is 14.4 Å². The van der Waals surface area contributed by atoms with Gasteiger partial charge in [0.05, 0.1) is 22.2 Å². The molecule has 5 rings (SSSR count). The van der Waals surface area contributed by atoms with E-state index in [0.29, 0.717) is 37.9 Å². The van der Waals surface area contributed by atoms with E-state index in [0.717, 1.165) is 28.6 Å². The summed E-state index contributed by atoms with van der Waals surface area (Å²) in [5, 5.41) is 12.4. The van der Waals surface area contributed by atoms with Crippen LogP contribution in [0.25, 0.3) is 11.0 Å². The Hall–Kier alpha value is -3.15.